The normalized spacial score (nSPS) is 26.4. The Bertz CT molecular complexity index is 830. The van der Waals surface area contributed by atoms with Crippen LogP contribution in [-0.4, -0.2) is 42.6 Å². The number of fused-ring (bicyclic) bond motifs is 4. The van der Waals surface area contributed by atoms with Crippen molar-refractivity contribution in [2.75, 3.05) is 20.2 Å². The predicted molar refractivity (Wildman–Crippen MR) is 105 cm³/mol. The molecule has 142 valence electrons. The molecule has 3 aliphatic heterocycles. The fraction of sp³-hybridized carbons (Fsp3) is 0.526. The van der Waals surface area contributed by atoms with Crippen molar-refractivity contribution in [3.05, 3.63) is 28.9 Å². The van der Waals surface area contributed by atoms with Gasteiger partial charge in [-0.05, 0) is 63.2 Å². The second-order valence-corrected chi connectivity index (χ2v) is 8.65. The highest BCUT2D eigenvalue weighted by Gasteiger charge is 2.48. The van der Waals surface area contributed by atoms with Crippen LogP contribution in [0.15, 0.2) is 18.2 Å². The number of methoxy groups -OCH3 is 1. The maximum absolute atomic E-state index is 13.9. The third-order valence-electron chi connectivity index (χ3n) is 5.89. The number of carbonyl (C=O) groups is 1. The Hall–Kier alpha value is -1.37. The Kier molecular flexibility index (Phi) is 5.21. The molecule has 1 aromatic carbocycles. The molecule has 1 N–H and O–H groups in total. The van der Waals surface area contributed by atoms with Crippen LogP contribution >= 0.6 is 23.7 Å². The zero-order valence-corrected chi connectivity index (χ0v) is 16.8. The van der Waals surface area contributed by atoms with Crippen LogP contribution in [0, 0.1) is 11.7 Å². The van der Waals surface area contributed by atoms with E-state index in [1.165, 1.54) is 24.5 Å². The van der Waals surface area contributed by atoms with Crippen LogP contribution in [0.1, 0.15) is 36.4 Å². The number of rotatable bonds is 3. The number of nitrogens with one attached hydrogen (secondary N) is 1. The summed E-state index contributed by atoms with van der Waals surface area (Å²) in [5.74, 6) is 0.279. The molecule has 3 fully saturated rings. The minimum Gasteiger partial charge on any atom is -0.494 e. The number of thiophene rings is 1. The first-order valence-electron chi connectivity index (χ1n) is 8.73. The SMILES string of the molecule is COc1cc2sc(C(=O)NC3C4CCN(CC4)C3(C)C)cc2cc1F.Cl. The van der Waals surface area contributed by atoms with Crippen molar-refractivity contribution in [3.8, 4) is 5.75 Å². The molecule has 0 radical (unpaired) electrons. The molecule has 1 unspecified atom stereocenters. The molecule has 1 atom stereocenters. The van der Waals surface area contributed by atoms with E-state index in [9.17, 15) is 9.18 Å². The van der Waals surface area contributed by atoms with Gasteiger partial charge in [-0.2, -0.15) is 0 Å². The van der Waals surface area contributed by atoms with Gasteiger partial charge in [0.1, 0.15) is 0 Å². The molecule has 0 aliphatic carbocycles. The highest BCUT2D eigenvalue weighted by Crippen LogP contribution is 2.39. The summed E-state index contributed by atoms with van der Waals surface area (Å²) in [7, 11) is 1.45. The monoisotopic (exact) mass is 398 g/mol. The highest BCUT2D eigenvalue weighted by atomic mass is 35.5. The first kappa shape index (κ1) is 19.4. The number of piperidine rings is 3. The van der Waals surface area contributed by atoms with Gasteiger partial charge in [-0.15, -0.1) is 23.7 Å². The van der Waals surface area contributed by atoms with Gasteiger partial charge in [-0.3, -0.25) is 9.69 Å². The first-order chi connectivity index (χ1) is 11.9. The molecule has 4 heterocycles. The van der Waals surface area contributed by atoms with E-state index >= 15 is 0 Å². The van der Waals surface area contributed by atoms with Crippen LogP contribution in [0.2, 0.25) is 0 Å². The Balaban J connectivity index is 0.00000196. The van der Waals surface area contributed by atoms with Gasteiger partial charge < -0.3 is 10.1 Å². The summed E-state index contributed by atoms with van der Waals surface area (Å²) in [6.45, 7) is 6.67. The van der Waals surface area contributed by atoms with E-state index in [1.54, 1.807) is 12.1 Å². The zero-order valence-electron chi connectivity index (χ0n) is 15.2. The average Bonchev–Trinajstić information content (AvgIpc) is 3.00. The van der Waals surface area contributed by atoms with Gasteiger partial charge in [0.15, 0.2) is 11.6 Å². The Labute approximate surface area is 163 Å². The minimum absolute atomic E-state index is 0. The molecule has 2 aromatic rings. The molecule has 4 nitrogen and oxygen atoms in total. The molecule has 1 aromatic heterocycles. The van der Waals surface area contributed by atoms with Crippen molar-refractivity contribution < 1.29 is 13.9 Å². The molecule has 0 saturated carbocycles. The molecule has 5 rings (SSSR count). The van der Waals surface area contributed by atoms with E-state index in [4.69, 9.17) is 4.74 Å². The van der Waals surface area contributed by atoms with E-state index in [2.05, 4.69) is 24.1 Å². The van der Waals surface area contributed by atoms with Crippen molar-refractivity contribution in [3.63, 3.8) is 0 Å². The number of hydrogen-bond donors (Lipinski definition) is 1. The predicted octanol–water partition coefficient (Wildman–Crippen LogP) is 4.07. The topological polar surface area (TPSA) is 41.6 Å². The Morgan fingerprint density at radius 1 is 1.31 bits per heavy atom. The molecule has 1 amide bonds. The van der Waals surface area contributed by atoms with Crippen molar-refractivity contribution in [1.29, 1.82) is 0 Å². The molecular weight excluding hydrogens is 375 g/mol. The van der Waals surface area contributed by atoms with E-state index < -0.39 is 5.82 Å². The van der Waals surface area contributed by atoms with Gasteiger partial charge in [0.05, 0.1) is 12.0 Å². The quantitative estimate of drug-likeness (QED) is 0.847. The smallest absolute Gasteiger partial charge is 0.261 e. The van der Waals surface area contributed by atoms with Crippen LogP contribution in [0.5, 0.6) is 5.75 Å². The van der Waals surface area contributed by atoms with E-state index in [-0.39, 0.29) is 35.6 Å². The van der Waals surface area contributed by atoms with Crippen molar-refractivity contribution in [1.82, 2.24) is 10.2 Å². The van der Waals surface area contributed by atoms with Crippen LogP contribution < -0.4 is 10.1 Å². The van der Waals surface area contributed by atoms with Crippen LogP contribution in [-0.2, 0) is 0 Å². The van der Waals surface area contributed by atoms with Gasteiger partial charge >= 0.3 is 0 Å². The number of benzene rings is 1. The fourth-order valence-corrected chi connectivity index (χ4v) is 5.37. The number of nitrogens with zero attached hydrogens (tertiary/aromatic N) is 1. The van der Waals surface area contributed by atoms with Gasteiger partial charge in [0, 0.05) is 22.3 Å². The molecular formula is C19H24ClFN2O2S. The maximum atomic E-state index is 13.9. The second-order valence-electron chi connectivity index (χ2n) is 7.56. The van der Waals surface area contributed by atoms with Crippen molar-refractivity contribution in [2.24, 2.45) is 5.92 Å². The average molecular weight is 399 g/mol. The number of ether oxygens (including phenoxy) is 1. The van der Waals surface area contributed by atoms with Gasteiger partial charge in [0.25, 0.3) is 5.91 Å². The molecule has 7 heteroatoms. The van der Waals surface area contributed by atoms with E-state index in [0.29, 0.717) is 10.8 Å². The summed E-state index contributed by atoms with van der Waals surface area (Å²) >= 11 is 1.38. The summed E-state index contributed by atoms with van der Waals surface area (Å²) in [5.41, 5.74) is -0.0250. The van der Waals surface area contributed by atoms with E-state index in [1.807, 2.05) is 0 Å². The lowest BCUT2D eigenvalue weighted by Crippen LogP contribution is -2.69. The maximum Gasteiger partial charge on any atom is 0.261 e. The summed E-state index contributed by atoms with van der Waals surface area (Å²) in [6.07, 6.45) is 2.28. The van der Waals surface area contributed by atoms with Crippen molar-refractivity contribution in [2.45, 2.75) is 38.3 Å². The first-order valence-corrected chi connectivity index (χ1v) is 9.55. The van der Waals surface area contributed by atoms with Gasteiger partial charge in [0.2, 0.25) is 0 Å². The van der Waals surface area contributed by atoms with Gasteiger partial charge in [-0.25, -0.2) is 4.39 Å². The number of carbonyl (C=O) groups excluding carboxylic acids is 1. The second kappa shape index (κ2) is 6.98. The molecule has 3 aliphatic rings. The van der Waals surface area contributed by atoms with Gasteiger partial charge in [-0.1, -0.05) is 0 Å². The Morgan fingerprint density at radius 3 is 2.62 bits per heavy atom. The molecule has 0 spiro atoms. The minimum atomic E-state index is -0.404. The third-order valence-corrected chi connectivity index (χ3v) is 6.98. The molecule has 26 heavy (non-hydrogen) atoms. The standard InChI is InChI=1S/C19H23FN2O2S.ClH/c1-19(2)17(11-4-6-22(19)7-5-11)21-18(23)16-9-12-8-13(20)14(24-3)10-15(12)25-16;/h8-11,17H,4-7H2,1-3H3,(H,21,23);1H. The number of hydrogen-bond acceptors (Lipinski definition) is 4. The lowest BCUT2D eigenvalue weighted by Gasteiger charge is -2.56. The summed E-state index contributed by atoms with van der Waals surface area (Å²) in [6, 6.07) is 5.01. The third kappa shape index (κ3) is 3.08. The zero-order chi connectivity index (χ0) is 17.8. The number of halogens is 2. The molecule has 3 saturated heterocycles. The fourth-order valence-electron chi connectivity index (χ4n) is 4.40. The van der Waals surface area contributed by atoms with Crippen LogP contribution in [0.4, 0.5) is 4.39 Å². The number of amides is 1. The highest BCUT2D eigenvalue weighted by molar-refractivity contribution is 7.20. The molecule has 2 bridgehead atoms. The van der Waals surface area contributed by atoms with Crippen LogP contribution in [0.25, 0.3) is 10.1 Å². The lowest BCUT2D eigenvalue weighted by atomic mass is 9.72. The summed E-state index contributed by atoms with van der Waals surface area (Å²) in [4.78, 5) is 15.9. The summed E-state index contributed by atoms with van der Waals surface area (Å²) < 4.78 is 19.8. The Morgan fingerprint density at radius 2 is 2.00 bits per heavy atom. The van der Waals surface area contributed by atoms with Crippen LogP contribution in [0.3, 0.4) is 0 Å². The summed E-state index contributed by atoms with van der Waals surface area (Å²) in [5, 5.41) is 4.00. The lowest BCUT2D eigenvalue weighted by molar-refractivity contribution is -0.0377. The van der Waals surface area contributed by atoms with Crippen molar-refractivity contribution >= 4 is 39.7 Å². The largest absolute Gasteiger partial charge is 0.494 e. The van der Waals surface area contributed by atoms with E-state index in [0.717, 1.165) is 36.0 Å².